The minimum absolute atomic E-state index is 1.25. The Bertz CT molecular complexity index is 212. The summed E-state index contributed by atoms with van der Waals surface area (Å²) in [6, 6.07) is 0. The van der Waals surface area contributed by atoms with Crippen molar-refractivity contribution in [3.05, 3.63) is 24.3 Å². The zero-order valence-corrected chi connectivity index (χ0v) is 16.2. The topological polar surface area (TPSA) is 0 Å². The standard InChI is InChI=1S/C19H36.C3H8/c1-3-5-7-9-11-13-15-17-19-18-16-14-12-10-8-6-4-2;1-3-2/h11,13,15,17H,3-10,12,14,16,18-19H2,1-2H3;3H2,1-2H3/b13-11-,17-15+;. The van der Waals surface area contributed by atoms with Crippen molar-refractivity contribution in [3.63, 3.8) is 0 Å². The third-order valence-electron chi connectivity index (χ3n) is 3.58. The molecule has 0 bridgehead atoms. The van der Waals surface area contributed by atoms with E-state index < -0.39 is 0 Å². The summed E-state index contributed by atoms with van der Waals surface area (Å²) in [6.45, 7) is 8.79. The van der Waals surface area contributed by atoms with Crippen LogP contribution in [0.15, 0.2) is 24.3 Å². The zero-order valence-electron chi connectivity index (χ0n) is 16.2. The van der Waals surface area contributed by atoms with E-state index in [0.29, 0.717) is 0 Å². The van der Waals surface area contributed by atoms with Gasteiger partial charge in [0.25, 0.3) is 0 Å². The van der Waals surface area contributed by atoms with Gasteiger partial charge in [-0.1, -0.05) is 116 Å². The van der Waals surface area contributed by atoms with Gasteiger partial charge in [-0.2, -0.15) is 0 Å². The lowest BCUT2D eigenvalue weighted by molar-refractivity contribution is 0.577. The summed E-state index contributed by atoms with van der Waals surface area (Å²) in [7, 11) is 0. The lowest BCUT2D eigenvalue weighted by Gasteiger charge is -1.99. The second kappa shape index (κ2) is 25.4. The molecule has 0 saturated heterocycles. The second-order valence-corrected chi connectivity index (χ2v) is 6.32. The highest BCUT2D eigenvalue weighted by atomic mass is 14.0. The Labute approximate surface area is 142 Å². The second-order valence-electron chi connectivity index (χ2n) is 6.32. The van der Waals surface area contributed by atoms with Gasteiger partial charge in [0.1, 0.15) is 0 Å². The Balaban J connectivity index is 0. The molecule has 0 rings (SSSR count). The molecule has 0 radical (unpaired) electrons. The van der Waals surface area contributed by atoms with Crippen molar-refractivity contribution in [1.29, 1.82) is 0 Å². The van der Waals surface area contributed by atoms with Crippen LogP contribution in [-0.4, -0.2) is 0 Å². The van der Waals surface area contributed by atoms with Gasteiger partial charge in [-0.15, -0.1) is 0 Å². The molecule has 0 aliphatic carbocycles. The molecule has 0 unspecified atom stereocenters. The summed E-state index contributed by atoms with van der Waals surface area (Å²) in [5.74, 6) is 0. The third kappa shape index (κ3) is 27.8. The molecule has 0 fully saturated rings. The summed E-state index contributed by atoms with van der Waals surface area (Å²) >= 11 is 0. The van der Waals surface area contributed by atoms with Crippen LogP contribution in [0.4, 0.5) is 0 Å². The van der Waals surface area contributed by atoms with Gasteiger partial charge in [0.15, 0.2) is 0 Å². The molecule has 0 spiro atoms. The van der Waals surface area contributed by atoms with Crippen LogP contribution < -0.4 is 0 Å². The highest BCUT2D eigenvalue weighted by Gasteiger charge is 1.90. The molecule has 0 aromatic carbocycles. The zero-order chi connectivity index (χ0) is 16.7. The predicted molar refractivity (Wildman–Crippen MR) is 106 cm³/mol. The first kappa shape index (κ1) is 23.7. The summed E-state index contributed by atoms with van der Waals surface area (Å²) in [5, 5.41) is 0. The van der Waals surface area contributed by atoms with E-state index in [1.807, 2.05) is 0 Å². The molecular formula is C22H44. The van der Waals surface area contributed by atoms with Crippen molar-refractivity contribution in [1.82, 2.24) is 0 Å². The molecule has 0 atom stereocenters. The fraction of sp³-hybridized carbons (Fsp3) is 0.818. The maximum absolute atomic E-state index is 2.33. The average Bonchev–Trinajstić information content (AvgIpc) is 2.52. The minimum Gasteiger partial charge on any atom is -0.0845 e. The first-order valence-electron chi connectivity index (χ1n) is 10.1. The lowest BCUT2D eigenvalue weighted by Crippen LogP contribution is -1.79. The summed E-state index contributed by atoms with van der Waals surface area (Å²) in [4.78, 5) is 0. The number of hydrogen-bond acceptors (Lipinski definition) is 0. The maximum atomic E-state index is 2.33. The van der Waals surface area contributed by atoms with Crippen molar-refractivity contribution in [2.24, 2.45) is 0 Å². The van der Waals surface area contributed by atoms with E-state index in [-0.39, 0.29) is 0 Å². The molecule has 0 aromatic heterocycles. The SMILES string of the molecule is CCC.CCCCC/C=C\C=C\CCCCCCCCCC. The van der Waals surface area contributed by atoms with Crippen LogP contribution in [0.5, 0.6) is 0 Å². The molecule has 0 amide bonds. The lowest BCUT2D eigenvalue weighted by atomic mass is 10.1. The van der Waals surface area contributed by atoms with Crippen molar-refractivity contribution in [2.75, 3.05) is 0 Å². The molecule has 132 valence electrons. The quantitative estimate of drug-likeness (QED) is 0.222. The van der Waals surface area contributed by atoms with E-state index in [4.69, 9.17) is 0 Å². The van der Waals surface area contributed by atoms with E-state index >= 15 is 0 Å². The van der Waals surface area contributed by atoms with E-state index in [1.165, 1.54) is 89.9 Å². The van der Waals surface area contributed by atoms with Crippen molar-refractivity contribution >= 4 is 0 Å². The Kier molecular flexibility index (Phi) is 27.4. The molecule has 0 saturated carbocycles. The van der Waals surface area contributed by atoms with E-state index in [2.05, 4.69) is 52.0 Å². The molecule has 22 heavy (non-hydrogen) atoms. The highest BCUT2D eigenvalue weighted by molar-refractivity contribution is 5.02. The van der Waals surface area contributed by atoms with Gasteiger partial charge in [-0.25, -0.2) is 0 Å². The number of unbranched alkanes of at least 4 members (excludes halogenated alkanes) is 11. The van der Waals surface area contributed by atoms with Crippen LogP contribution in [0.3, 0.4) is 0 Å². The number of allylic oxidation sites excluding steroid dienone is 4. The minimum atomic E-state index is 1.25. The Morgan fingerprint density at radius 1 is 0.455 bits per heavy atom. The van der Waals surface area contributed by atoms with Crippen LogP contribution in [-0.2, 0) is 0 Å². The van der Waals surface area contributed by atoms with E-state index in [9.17, 15) is 0 Å². The number of hydrogen-bond donors (Lipinski definition) is 0. The van der Waals surface area contributed by atoms with Gasteiger partial charge in [0.2, 0.25) is 0 Å². The van der Waals surface area contributed by atoms with Gasteiger partial charge in [0.05, 0.1) is 0 Å². The fourth-order valence-electron chi connectivity index (χ4n) is 2.26. The van der Waals surface area contributed by atoms with Crippen LogP contribution >= 0.6 is 0 Å². The maximum Gasteiger partial charge on any atom is -0.0348 e. The smallest absolute Gasteiger partial charge is 0.0348 e. The average molecular weight is 309 g/mol. The Hall–Kier alpha value is -0.520. The van der Waals surface area contributed by atoms with Gasteiger partial charge in [-0.3, -0.25) is 0 Å². The summed E-state index contributed by atoms with van der Waals surface area (Å²) in [5.41, 5.74) is 0. The number of rotatable bonds is 14. The molecule has 0 aliphatic heterocycles. The van der Waals surface area contributed by atoms with Crippen molar-refractivity contribution in [3.8, 4) is 0 Å². The van der Waals surface area contributed by atoms with Crippen LogP contribution in [0.1, 0.15) is 118 Å². The third-order valence-corrected chi connectivity index (χ3v) is 3.58. The summed E-state index contributed by atoms with van der Waals surface area (Å²) in [6.07, 6.45) is 28.2. The van der Waals surface area contributed by atoms with Gasteiger partial charge < -0.3 is 0 Å². The summed E-state index contributed by atoms with van der Waals surface area (Å²) < 4.78 is 0. The van der Waals surface area contributed by atoms with E-state index in [1.54, 1.807) is 0 Å². The van der Waals surface area contributed by atoms with Crippen molar-refractivity contribution in [2.45, 2.75) is 118 Å². The molecular weight excluding hydrogens is 264 g/mol. The Morgan fingerprint density at radius 3 is 1.23 bits per heavy atom. The highest BCUT2D eigenvalue weighted by Crippen LogP contribution is 2.09. The van der Waals surface area contributed by atoms with Gasteiger partial charge in [-0.05, 0) is 25.7 Å². The molecule has 0 aliphatic rings. The largest absolute Gasteiger partial charge is 0.0845 e. The van der Waals surface area contributed by atoms with Crippen LogP contribution in [0, 0.1) is 0 Å². The monoisotopic (exact) mass is 308 g/mol. The first-order chi connectivity index (χ1) is 10.8. The molecule has 0 heterocycles. The molecule has 0 nitrogen and oxygen atoms in total. The Morgan fingerprint density at radius 2 is 0.773 bits per heavy atom. The normalized spacial score (nSPS) is 11.1. The molecule has 0 heteroatoms. The molecule has 0 aromatic rings. The van der Waals surface area contributed by atoms with Gasteiger partial charge in [0, 0.05) is 0 Å². The van der Waals surface area contributed by atoms with Crippen molar-refractivity contribution < 1.29 is 0 Å². The fourth-order valence-corrected chi connectivity index (χ4v) is 2.26. The van der Waals surface area contributed by atoms with Crippen LogP contribution in [0.2, 0.25) is 0 Å². The first-order valence-corrected chi connectivity index (χ1v) is 10.1. The van der Waals surface area contributed by atoms with E-state index in [0.717, 1.165) is 0 Å². The molecule has 0 N–H and O–H groups in total. The van der Waals surface area contributed by atoms with Crippen LogP contribution in [0.25, 0.3) is 0 Å². The van der Waals surface area contributed by atoms with Gasteiger partial charge >= 0.3 is 0 Å². The predicted octanol–water partition coefficient (Wildman–Crippen LogP) is 8.63.